The van der Waals surface area contributed by atoms with E-state index < -0.39 is 9.84 Å². The van der Waals surface area contributed by atoms with Gasteiger partial charge in [-0.1, -0.05) is 23.8 Å². The van der Waals surface area contributed by atoms with E-state index in [1.807, 2.05) is 31.3 Å². The molecule has 1 atom stereocenters. The van der Waals surface area contributed by atoms with Gasteiger partial charge in [0.15, 0.2) is 21.3 Å². The maximum Gasteiger partial charge on any atom is 0.221 e. The van der Waals surface area contributed by atoms with Crippen LogP contribution >= 0.6 is 0 Å². The van der Waals surface area contributed by atoms with E-state index in [1.54, 1.807) is 35.6 Å². The van der Waals surface area contributed by atoms with Crippen LogP contribution in [0.5, 0.6) is 0 Å². The van der Waals surface area contributed by atoms with E-state index in [-0.39, 0.29) is 29.0 Å². The normalized spacial score (nSPS) is 12.8. The Morgan fingerprint density at radius 2 is 1.88 bits per heavy atom. The number of hydrogen-bond acceptors (Lipinski definition) is 5. The summed E-state index contributed by atoms with van der Waals surface area (Å²) in [5.41, 5.74) is 1.67. The molecule has 0 saturated heterocycles. The van der Waals surface area contributed by atoms with Crippen molar-refractivity contribution in [3.8, 4) is 0 Å². The molecule has 2 aromatic heterocycles. The molecular weight excluding hydrogens is 352 g/mol. The molecule has 0 aliphatic heterocycles. The third kappa shape index (κ3) is 3.91. The number of pyridine rings is 1. The molecule has 0 bridgehead atoms. The van der Waals surface area contributed by atoms with Crippen LogP contribution in [0.4, 0.5) is 0 Å². The van der Waals surface area contributed by atoms with Crippen molar-refractivity contribution >= 4 is 21.4 Å². The van der Waals surface area contributed by atoms with Crippen LogP contribution in [0.3, 0.4) is 0 Å². The number of aryl methyl sites for hydroxylation is 1. The molecule has 7 nitrogen and oxygen atoms in total. The van der Waals surface area contributed by atoms with Gasteiger partial charge in [0.25, 0.3) is 0 Å². The number of carbonyl (C=O) groups excluding carboxylic acids is 1. The van der Waals surface area contributed by atoms with Gasteiger partial charge < -0.3 is 5.32 Å². The lowest BCUT2D eigenvalue weighted by atomic mass is 10.2. The molecule has 3 aromatic rings. The highest BCUT2D eigenvalue weighted by atomic mass is 32.2. The van der Waals surface area contributed by atoms with Gasteiger partial charge in [0.2, 0.25) is 5.91 Å². The third-order valence-electron chi connectivity index (χ3n) is 4.08. The molecule has 3 rings (SSSR count). The lowest BCUT2D eigenvalue weighted by Gasteiger charge is -2.12. The molecular formula is C18H20N4O3S. The zero-order valence-electron chi connectivity index (χ0n) is 14.6. The highest BCUT2D eigenvalue weighted by Crippen LogP contribution is 2.14. The van der Waals surface area contributed by atoms with Gasteiger partial charge in [0.05, 0.1) is 16.7 Å². The molecule has 26 heavy (non-hydrogen) atoms. The molecule has 1 amide bonds. The van der Waals surface area contributed by atoms with Crippen LogP contribution < -0.4 is 5.32 Å². The summed E-state index contributed by atoms with van der Waals surface area (Å²) < 4.78 is 26.4. The summed E-state index contributed by atoms with van der Waals surface area (Å²) in [5, 5.41) is 10.9. The molecule has 0 fully saturated rings. The highest BCUT2D eigenvalue weighted by molar-refractivity contribution is 7.91. The Bertz CT molecular complexity index is 1030. The fraction of sp³-hybridized carbons (Fsp3) is 0.278. The molecule has 1 N–H and O–H groups in total. The van der Waals surface area contributed by atoms with Crippen molar-refractivity contribution in [2.45, 2.75) is 31.2 Å². The summed E-state index contributed by atoms with van der Waals surface area (Å²) in [5.74, 6) is 0.00561. The molecule has 1 aromatic carbocycles. The first-order valence-electron chi connectivity index (χ1n) is 8.25. The minimum absolute atomic E-state index is 0.114. The van der Waals surface area contributed by atoms with Gasteiger partial charge >= 0.3 is 0 Å². The van der Waals surface area contributed by atoms with Gasteiger partial charge in [-0.25, -0.2) is 8.42 Å². The number of fused-ring (bicyclic) bond motifs is 1. The van der Waals surface area contributed by atoms with E-state index in [0.29, 0.717) is 11.5 Å². The summed E-state index contributed by atoms with van der Waals surface area (Å²) in [6, 6.07) is 11.7. The number of benzene rings is 1. The molecule has 0 aliphatic carbocycles. The van der Waals surface area contributed by atoms with Crippen molar-refractivity contribution in [2.24, 2.45) is 0 Å². The summed E-state index contributed by atoms with van der Waals surface area (Å²) in [6.07, 6.45) is 1.70. The number of nitrogens with zero attached hydrogens (tertiary/aromatic N) is 3. The Labute approximate surface area is 152 Å². The van der Waals surface area contributed by atoms with Gasteiger partial charge in [0.1, 0.15) is 0 Å². The molecule has 8 heteroatoms. The Morgan fingerprint density at radius 1 is 1.15 bits per heavy atom. The van der Waals surface area contributed by atoms with Crippen LogP contribution in [0.25, 0.3) is 5.65 Å². The second kappa shape index (κ2) is 7.25. The number of nitrogens with one attached hydrogen (secondary N) is 1. The molecule has 0 radical (unpaired) electrons. The maximum absolute atomic E-state index is 12.3. The van der Waals surface area contributed by atoms with Crippen LogP contribution in [0.2, 0.25) is 0 Å². The SMILES string of the molecule is Cc1ccc(S(=O)(=O)CCC(=O)NC(C)c2nnc3ccccn23)cc1. The summed E-state index contributed by atoms with van der Waals surface area (Å²) in [7, 11) is -3.49. The number of rotatable bonds is 6. The minimum Gasteiger partial charge on any atom is -0.346 e. The van der Waals surface area contributed by atoms with Crippen LogP contribution in [0.15, 0.2) is 53.6 Å². The first-order valence-corrected chi connectivity index (χ1v) is 9.90. The van der Waals surface area contributed by atoms with Crippen molar-refractivity contribution in [1.29, 1.82) is 0 Å². The van der Waals surface area contributed by atoms with Gasteiger partial charge in [0, 0.05) is 12.6 Å². The topological polar surface area (TPSA) is 93.4 Å². The zero-order chi connectivity index (χ0) is 18.7. The van der Waals surface area contributed by atoms with Crippen LogP contribution in [0, 0.1) is 6.92 Å². The third-order valence-corrected chi connectivity index (χ3v) is 5.81. The standard InChI is InChI=1S/C18H20N4O3S/c1-13-6-8-15(9-7-13)26(24,25)12-10-17(23)19-14(2)18-21-20-16-5-3-4-11-22(16)18/h3-9,11,14H,10,12H2,1-2H3,(H,19,23). The van der Waals surface area contributed by atoms with Crippen LogP contribution in [-0.4, -0.2) is 34.7 Å². The van der Waals surface area contributed by atoms with Gasteiger partial charge in [-0.15, -0.1) is 10.2 Å². The van der Waals surface area contributed by atoms with Crippen molar-refractivity contribution in [3.63, 3.8) is 0 Å². The van der Waals surface area contributed by atoms with Gasteiger partial charge in [-0.2, -0.15) is 0 Å². The van der Waals surface area contributed by atoms with Crippen molar-refractivity contribution in [1.82, 2.24) is 19.9 Å². The quantitative estimate of drug-likeness (QED) is 0.715. The lowest BCUT2D eigenvalue weighted by molar-refractivity contribution is -0.121. The molecule has 136 valence electrons. The van der Waals surface area contributed by atoms with Crippen molar-refractivity contribution in [3.05, 3.63) is 60.0 Å². The van der Waals surface area contributed by atoms with E-state index in [2.05, 4.69) is 15.5 Å². The average Bonchev–Trinajstić information content (AvgIpc) is 3.05. The Kier molecular flexibility index (Phi) is 5.03. The predicted molar refractivity (Wildman–Crippen MR) is 97.4 cm³/mol. The zero-order valence-corrected chi connectivity index (χ0v) is 15.4. The molecule has 1 unspecified atom stereocenters. The molecule has 2 heterocycles. The minimum atomic E-state index is -3.49. The number of carbonyl (C=O) groups is 1. The molecule has 0 saturated carbocycles. The Hall–Kier alpha value is -2.74. The first kappa shape index (κ1) is 18.1. The summed E-state index contributed by atoms with van der Waals surface area (Å²) in [4.78, 5) is 12.4. The maximum atomic E-state index is 12.3. The first-order chi connectivity index (χ1) is 12.4. The number of hydrogen-bond donors (Lipinski definition) is 1. The van der Waals surface area contributed by atoms with Gasteiger partial charge in [-0.05, 0) is 38.1 Å². The van der Waals surface area contributed by atoms with Crippen molar-refractivity contribution < 1.29 is 13.2 Å². The highest BCUT2D eigenvalue weighted by Gasteiger charge is 2.19. The largest absolute Gasteiger partial charge is 0.346 e. The van der Waals surface area contributed by atoms with E-state index in [0.717, 1.165) is 5.56 Å². The van der Waals surface area contributed by atoms with E-state index in [9.17, 15) is 13.2 Å². The van der Waals surface area contributed by atoms with Gasteiger partial charge in [-0.3, -0.25) is 9.20 Å². The van der Waals surface area contributed by atoms with E-state index in [4.69, 9.17) is 0 Å². The summed E-state index contributed by atoms with van der Waals surface area (Å²) in [6.45, 7) is 3.68. The predicted octanol–water partition coefficient (Wildman–Crippen LogP) is 2.08. The Balaban J connectivity index is 1.62. The van der Waals surface area contributed by atoms with Crippen LogP contribution in [-0.2, 0) is 14.6 Å². The second-order valence-electron chi connectivity index (χ2n) is 6.16. The number of sulfone groups is 1. The summed E-state index contributed by atoms with van der Waals surface area (Å²) >= 11 is 0. The lowest BCUT2D eigenvalue weighted by Crippen LogP contribution is -2.29. The van der Waals surface area contributed by atoms with E-state index in [1.165, 1.54) is 0 Å². The monoisotopic (exact) mass is 372 g/mol. The Morgan fingerprint density at radius 3 is 2.62 bits per heavy atom. The second-order valence-corrected chi connectivity index (χ2v) is 8.27. The fourth-order valence-corrected chi connectivity index (χ4v) is 3.86. The molecule has 0 aliphatic rings. The molecule has 0 spiro atoms. The number of aromatic nitrogens is 3. The fourth-order valence-electron chi connectivity index (χ4n) is 2.62. The number of amides is 1. The smallest absolute Gasteiger partial charge is 0.221 e. The average molecular weight is 372 g/mol. The van der Waals surface area contributed by atoms with Crippen molar-refractivity contribution in [2.75, 3.05) is 5.75 Å². The van der Waals surface area contributed by atoms with Crippen LogP contribution in [0.1, 0.15) is 30.8 Å². The van der Waals surface area contributed by atoms with E-state index >= 15 is 0 Å².